The van der Waals surface area contributed by atoms with Crippen molar-refractivity contribution in [3.63, 3.8) is 0 Å². The lowest BCUT2D eigenvalue weighted by Crippen LogP contribution is -2.40. The minimum Gasteiger partial charge on any atom is -0.497 e. The first kappa shape index (κ1) is 21.6. The van der Waals surface area contributed by atoms with Crippen molar-refractivity contribution in [1.29, 1.82) is 0 Å². The summed E-state index contributed by atoms with van der Waals surface area (Å²) in [6.45, 7) is 7.51. The molecule has 2 N–H and O–H groups in total. The van der Waals surface area contributed by atoms with E-state index >= 15 is 0 Å². The van der Waals surface area contributed by atoms with Gasteiger partial charge in [0.15, 0.2) is 5.96 Å². The predicted octanol–water partition coefficient (Wildman–Crippen LogP) is 2.62. The Kier molecular flexibility index (Phi) is 8.75. The Labute approximate surface area is 156 Å². The van der Waals surface area contributed by atoms with E-state index < -0.39 is 11.7 Å². The van der Waals surface area contributed by atoms with Gasteiger partial charge in [-0.3, -0.25) is 4.99 Å². The molecular formula is C19H32N4O3. The van der Waals surface area contributed by atoms with Crippen molar-refractivity contribution in [2.45, 2.75) is 39.3 Å². The standard InChI is InChI=1S/C19H32N4O3/c1-19(2,3)26-18(24)22-13-7-12-21-17(20-4)23(5)14-15-8-10-16(25-6)11-9-15/h8-11H,7,12-14H2,1-6H3,(H,20,21)(H,22,24). The van der Waals surface area contributed by atoms with Crippen LogP contribution in [0.4, 0.5) is 4.79 Å². The van der Waals surface area contributed by atoms with Gasteiger partial charge in [-0.2, -0.15) is 0 Å². The van der Waals surface area contributed by atoms with Gasteiger partial charge in [0.25, 0.3) is 0 Å². The molecule has 0 unspecified atom stereocenters. The van der Waals surface area contributed by atoms with E-state index in [1.54, 1.807) is 14.2 Å². The van der Waals surface area contributed by atoms with Crippen molar-refractivity contribution < 1.29 is 14.3 Å². The van der Waals surface area contributed by atoms with Crippen LogP contribution in [0.2, 0.25) is 0 Å². The Balaban J connectivity index is 2.32. The van der Waals surface area contributed by atoms with Gasteiger partial charge in [0.1, 0.15) is 11.4 Å². The number of alkyl carbamates (subject to hydrolysis) is 1. The van der Waals surface area contributed by atoms with Crippen molar-refractivity contribution in [3.05, 3.63) is 29.8 Å². The van der Waals surface area contributed by atoms with E-state index in [1.165, 1.54) is 5.56 Å². The average molecular weight is 364 g/mol. The van der Waals surface area contributed by atoms with Gasteiger partial charge in [-0.15, -0.1) is 0 Å². The highest BCUT2D eigenvalue weighted by atomic mass is 16.6. The zero-order valence-corrected chi connectivity index (χ0v) is 16.8. The van der Waals surface area contributed by atoms with E-state index in [9.17, 15) is 4.79 Å². The number of nitrogens with zero attached hydrogens (tertiary/aromatic N) is 2. The van der Waals surface area contributed by atoms with Crippen LogP contribution >= 0.6 is 0 Å². The van der Waals surface area contributed by atoms with Crippen LogP contribution in [-0.2, 0) is 11.3 Å². The molecule has 0 aliphatic rings. The number of methoxy groups -OCH3 is 1. The third-order valence-corrected chi connectivity index (χ3v) is 3.46. The minimum absolute atomic E-state index is 0.390. The molecule has 0 bridgehead atoms. The SMILES string of the molecule is CN=C(NCCCNC(=O)OC(C)(C)C)N(C)Cc1ccc(OC)cc1. The van der Waals surface area contributed by atoms with Gasteiger partial charge in [-0.05, 0) is 44.9 Å². The molecule has 0 aliphatic carbocycles. The second-order valence-corrected chi connectivity index (χ2v) is 6.96. The van der Waals surface area contributed by atoms with E-state index in [0.717, 1.165) is 24.7 Å². The molecule has 7 nitrogen and oxygen atoms in total. The van der Waals surface area contributed by atoms with Gasteiger partial charge in [-0.25, -0.2) is 4.79 Å². The van der Waals surface area contributed by atoms with Gasteiger partial charge in [-0.1, -0.05) is 12.1 Å². The molecule has 0 spiro atoms. The molecule has 1 aromatic carbocycles. The number of aliphatic imine (C=N–C) groups is 1. The number of hydrogen-bond acceptors (Lipinski definition) is 4. The maximum absolute atomic E-state index is 11.6. The van der Waals surface area contributed by atoms with Crippen LogP contribution in [0.25, 0.3) is 0 Å². The molecule has 26 heavy (non-hydrogen) atoms. The van der Waals surface area contributed by atoms with Crippen molar-refractivity contribution in [2.75, 3.05) is 34.3 Å². The topological polar surface area (TPSA) is 75.2 Å². The van der Waals surface area contributed by atoms with Crippen LogP contribution in [-0.4, -0.2) is 56.8 Å². The predicted molar refractivity (Wildman–Crippen MR) is 105 cm³/mol. The first-order chi connectivity index (χ1) is 12.2. The third kappa shape index (κ3) is 8.60. The molecule has 7 heteroatoms. The summed E-state index contributed by atoms with van der Waals surface area (Å²) < 4.78 is 10.4. The molecule has 146 valence electrons. The zero-order chi connectivity index (χ0) is 19.6. The lowest BCUT2D eigenvalue weighted by atomic mass is 10.2. The van der Waals surface area contributed by atoms with Crippen LogP contribution in [0.1, 0.15) is 32.8 Å². The molecule has 1 rings (SSSR count). The summed E-state index contributed by atoms with van der Waals surface area (Å²) in [4.78, 5) is 17.9. The summed E-state index contributed by atoms with van der Waals surface area (Å²) in [5, 5.41) is 6.04. The molecule has 0 aromatic heterocycles. The summed E-state index contributed by atoms with van der Waals surface area (Å²) in [5.41, 5.74) is 0.692. The van der Waals surface area contributed by atoms with Crippen LogP contribution in [0.3, 0.4) is 0 Å². The van der Waals surface area contributed by atoms with Crippen molar-refractivity contribution in [2.24, 2.45) is 4.99 Å². The summed E-state index contributed by atoms with van der Waals surface area (Å²) in [7, 11) is 5.40. The van der Waals surface area contributed by atoms with Gasteiger partial charge in [0.2, 0.25) is 0 Å². The van der Waals surface area contributed by atoms with E-state index in [4.69, 9.17) is 9.47 Å². The molecular weight excluding hydrogens is 332 g/mol. The van der Waals surface area contributed by atoms with Crippen LogP contribution in [0, 0.1) is 0 Å². The fraction of sp³-hybridized carbons (Fsp3) is 0.579. The largest absolute Gasteiger partial charge is 0.497 e. The number of carbonyl (C=O) groups excluding carboxylic acids is 1. The molecule has 0 saturated heterocycles. The normalized spacial score (nSPS) is 11.7. The number of ether oxygens (including phenoxy) is 2. The number of hydrogen-bond donors (Lipinski definition) is 2. The lowest BCUT2D eigenvalue weighted by molar-refractivity contribution is 0.0527. The second kappa shape index (κ2) is 10.5. The third-order valence-electron chi connectivity index (χ3n) is 3.46. The number of nitrogens with one attached hydrogen (secondary N) is 2. The molecule has 1 aromatic rings. The quantitative estimate of drug-likeness (QED) is 0.442. The van der Waals surface area contributed by atoms with E-state index in [2.05, 4.69) is 15.6 Å². The summed E-state index contributed by atoms with van der Waals surface area (Å²) in [5.74, 6) is 1.65. The van der Waals surface area contributed by atoms with Gasteiger partial charge >= 0.3 is 6.09 Å². The van der Waals surface area contributed by atoms with Crippen LogP contribution in [0.5, 0.6) is 5.75 Å². The first-order valence-electron chi connectivity index (χ1n) is 8.76. The number of guanidine groups is 1. The highest BCUT2D eigenvalue weighted by molar-refractivity contribution is 5.79. The number of rotatable bonds is 7. The van der Waals surface area contributed by atoms with Crippen molar-refractivity contribution in [1.82, 2.24) is 15.5 Å². The van der Waals surface area contributed by atoms with Crippen molar-refractivity contribution in [3.8, 4) is 5.75 Å². The summed E-state index contributed by atoms with van der Waals surface area (Å²) in [6, 6.07) is 7.96. The molecule has 0 radical (unpaired) electrons. The second-order valence-electron chi connectivity index (χ2n) is 6.96. The highest BCUT2D eigenvalue weighted by Gasteiger charge is 2.15. The fourth-order valence-corrected chi connectivity index (χ4v) is 2.26. The van der Waals surface area contributed by atoms with Gasteiger partial charge in [0.05, 0.1) is 7.11 Å². The van der Waals surface area contributed by atoms with Crippen LogP contribution < -0.4 is 15.4 Å². The van der Waals surface area contributed by atoms with Crippen molar-refractivity contribution >= 4 is 12.1 Å². The molecule has 1 amide bonds. The Morgan fingerprint density at radius 3 is 2.31 bits per heavy atom. The summed E-state index contributed by atoms with van der Waals surface area (Å²) in [6.07, 6.45) is 0.382. The Morgan fingerprint density at radius 2 is 1.77 bits per heavy atom. The maximum atomic E-state index is 11.6. The maximum Gasteiger partial charge on any atom is 0.407 e. The fourth-order valence-electron chi connectivity index (χ4n) is 2.26. The van der Waals surface area contributed by atoms with E-state index in [-0.39, 0.29) is 0 Å². The monoisotopic (exact) mass is 364 g/mol. The first-order valence-corrected chi connectivity index (χ1v) is 8.76. The lowest BCUT2D eigenvalue weighted by Gasteiger charge is -2.22. The van der Waals surface area contributed by atoms with Crippen LogP contribution in [0.15, 0.2) is 29.3 Å². The number of amides is 1. The molecule has 0 saturated carbocycles. The Bertz CT molecular complexity index is 579. The highest BCUT2D eigenvalue weighted by Crippen LogP contribution is 2.12. The zero-order valence-electron chi connectivity index (χ0n) is 16.8. The van der Waals surface area contributed by atoms with E-state index in [1.807, 2.05) is 57.0 Å². The Hall–Kier alpha value is -2.44. The smallest absolute Gasteiger partial charge is 0.407 e. The van der Waals surface area contributed by atoms with Gasteiger partial charge < -0.3 is 25.0 Å². The minimum atomic E-state index is -0.478. The summed E-state index contributed by atoms with van der Waals surface area (Å²) >= 11 is 0. The van der Waals surface area contributed by atoms with E-state index in [0.29, 0.717) is 13.1 Å². The van der Waals surface area contributed by atoms with Gasteiger partial charge in [0, 0.05) is 33.7 Å². The molecule has 0 fully saturated rings. The molecule has 0 atom stereocenters. The average Bonchev–Trinajstić information content (AvgIpc) is 2.57. The molecule has 0 heterocycles. The number of benzene rings is 1. The Morgan fingerprint density at radius 1 is 1.15 bits per heavy atom. The number of carbonyl (C=O) groups is 1. The molecule has 0 aliphatic heterocycles.